The second kappa shape index (κ2) is 3.82. The van der Waals surface area contributed by atoms with E-state index in [1.54, 1.807) is 7.11 Å². The molecule has 1 heterocycles. The monoisotopic (exact) mass is 224 g/mol. The molecular formula is C10H9ClN2O2. The normalized spacial score (nSPS) is 10.3. The Labute approximate surface area is 91.6 Å². The Kier molecular flexibility index (Phi) is 2.51. The SMILES string of the molecule is COc1ccc(-c2noc(Cl)c2N)cc1. The highest BCUT2D eigenvalue weighted by atomic mass is 35.5. The molecule has 2 rings (SSSR count). The van der Waals surface area contributed by atoms with Crippen molar-refractivity contribution in [2.75, 3.05) is 12.8 Å². The van der Waals surface area contributed by atoms with E-state index in [0.717, 1.165) is 11.3 Å². The van der Waals surface area contributed by atoms with Crippen LogP contribution in [0, 0.1) is 0 Å². The molecule has 1 aromatic carbocycles. The number of nitrogens with zero attached hydrogens (tertiary/aromatic N) is 1. The topological polar surface area (TPSA) is 61.3 Å². The van der Waals surface area contributed by atoms with Gasteiger partial charge in [0.25, 0.3) is 0 Å². The van der Waals surface area contributed by atoms with E-state index in [9.17, 15) is 0 Å². The van der Waals surface area contributed by atoms with E-state index in [0.29, 0.717) is 11.4 Å². The number of anilines is 1. The van der Waals surface area contributed by atoms with E-state index in [4.69, 9.17) is 26.6 Å². The average Bonchev–Trinajstić information content (AvgIpc) is 2.60. The van der Waals surface area contributed by atoms with Crippen molar-refractivity contribution in [2.24, 2.45) is 0 Å². The first-order chi connectivity index (χ1) is 7.22. The molecule has 0 spiro atoms. The molecule has 0 aliphatic heterocycles. The lowest BCUT2D eigenvalue weighted by atomic mass is 10.1. The lowest BCUT2D eigenvalue weighted by Crippen LogP contribution is -1.88. The van der Waals surface area contributed by atoms with Gasteiger partial charge in [-0.2, -0.15) is 0 Å². The minimum atomic E-state index is 0.112. The first kappa shape index (κ1) is 9.86. The molecule has 0 unspecified atom stereocenters. The molecule has 2 N–H and O–H groups in total. The fraction of sp³-hybridized carbons (Fsp3) is 0.100. The van der Waals surface area contributed by atoms with Crippen LogP contribution in [0.15, 0.2) is 28.8 Å². The van der Waals surface area contributed by atoms with E-state index >= 15 is 0 Å². The first-order valence-electron chi connectivity index (χ1n) is 4.27. The van der Waals surface area contributed by atoms with Crippen LogP contribution in [0.3, 0.4) is 0 Å². The van der Waals surface area contributed by atoms with E-state index < -0.39 is 0 Å². The largest absolute Gasteiger partial charge is 0.497 e. The highest BCUT2D eigenvalue weighted by Crippen LogP contribution is 2.31. The number of methoxy groups -OCH3 is 1. The highest BCUT2D eigenvalue weighted by Gasteiger charge is 2.12. The van der Waals surface area contributed by atoms with Gasteiger partial charge in [-0.1, -0.05) is 5.16 Å². The Balaban J connectivity index is 2.41. The molecule has 0 saturated carbocycles. The van der Waals surface area contributed by atoms with Crippen LogP contribution in [-0.2, 0) is 0 Å². The lowest BCUT2D eigenvalue weighted by molar-refractivity contribution is 0.414. The fourth-order valence-corrected chi connectivity index (χ4v) is 1.36. The van der Waals surface area contributed by atoms with Gasteiger partial charge in [0.1, 0.15) is 17.1 Å². The van der Waals surface area contributed by atoms with E-state index in [1.807, 2.05) is 24.3 Å². The van der Waals surface area contributed by atoms with Gasteiger partial charge in [-0.15, -0.1) is 0 Å². The molecule has 0 bridgehead atoms. The second-order valence-corrected chi connectivity index (χ2v) is 3.29. The van der Waals surface area contributed by atoms with E-state index in [1.165, 1.54) is 0 Å². The van der Waals surface area contributed by atoms with Gasteiger partial charge in [0.2, 0.25) is 5.22 Å². The summed E-state index contributed by atoms with van der Waals surface area (Å²) in [6.07, 6.45) is 0. The standard InChI is InChI=1S/C10H9ClN2O2/c1-14-7-4-2-6(3-5-7)9-8(12)10(11)15-13-9/h2-5H,12H2,1H3. The summed E-state index contributed by atoms with van der Waals surface area (Å²) in [6, 6.07) is 7.31. The van der Waals surface area contributed by atoms with Crippen molar-refractivity contribution >= 4 is 17.3 Å². The van der Waals surface area contributed by atoms with E-state index in [2.05, 4.69) is 5.16 Å². The summed E-state index contributed by atoms with van der Waals surface area (Å²) in [7, 11) is 1.61. The number of ether oxygens (including phenoxy) is 1. The molecule has 0 atom stereocenters. The van der Waals surface area contributed by atoms with Gasteiger partial charge in [-0.05, 0) is 35.9 Å². The molecule has 0 amide bonds. The Morgan fingerprint density at radius 3 is 2.47 bits per heavy atom. The second-order valence-electron chi connectivity index (χ2n) is 2.95. The lowest BCUT2D eigenvalue weighted by Gasteiger charge is -2.00. The third-order valence-electron chi connectivity index (χ3n) is 2.05. The van der Waals surface area contributed by atoms with Gasteiger partial charge < -0.3 is 15.0 Å². The molecule has 0 aliphatic rings. The van der Waals surface area contributed by atoms with Gasteiger partial charge in [0.15, 0.2) is 0 Å². The molecule has 1 aromatic heterocycles. The summed E-state index contributed by atoms with van der Waals surface area (Å²) < 4.78 is 9.80. The van der Waals surface area contributed by atoms with Crippen molar-refractivity contribution < 1.29 is 9.26 Å². The van der Waals surface area contributed by atoms with Gasteiger partial charge in [0, 0.05) is 5.56 Å². The number of rotatable bonds is 2. The molecule has 4 nitrogen and oxygen atoms in total. The number of benzene rings is 1. The zero-order valence-electron chi connectivity index (χ0n) is 8.03. The van der Waals surface area contributed by atoms with Crippen LogP contribution < -0.4 is 10.5 Å². The third-order valence-corrected chi connectivity index (χ3v) is 2.32. The molecule has 0 aliphatic carbocycles. The van der Waals surface area contributed by atoms with Crippen LogP contribution in [0.25, 0.3) is 11.3 Å². The Morgan fingerprint density at radius 2 is 2.00 bits per heavy atom. The maximum absolute atomic E-state index is 5.69. The quantitative estimate of drug-likeness (QED) is 0.852. The summed E-state index contributed by atoms with van der Waals surface area (Å²) in [5, 5.41) is 3.88. The molecule has 15 heavy (non-hydrogen) atoms. The highest BCUT2D eigenvalue weighted by molar-refractivity contribution is 6.31. The minimum absolute atomic E-state index is 0.112. The molecule has 0 fully saturated rings. The third kappa shape index (κ3) is 1.76. The van der Waals surface area contributed by atoms with Crippen LogP contribution >= 0.6 is 11.6 Å². The molecule has 0 saturated heterocycles. The first-order valence-corrected chi connectivity index (χ1v) is 4.65. The van der Waals surface area contributed by atoms with Gasteiger partial charge in [-0.25, -0.2) is 0 Å². The predicted molar refractivity (Wildman–Crippen MR) is 57.9 cm³/mol. The van der Waals surface area contributed by atoms with Crippen molar-refractivity contribution in [2.45, 2.75) is 0 Å². The van der Waals surface area contributed by atoms with Crippen molar-refractivity contribution in [3.8, 4) is 17.0 Å². The fourth-order valence-electron chi connectivity index (χ4n) is 1.23. The zero-order valence-corrected chi connectivity index (χ0v) is 8.78. The summed E-state index contributed by atoms with van der Waals surface area (Å²) in [5.74, 6) is 0.770. The summed E-state index contributed by atoms with van der Waals surface area (Å²) in [4.78, 5) is 0. The van der Waals surface area contributed by atoms with Crippen molar-refractivity contribution in [3.63, 3.8) is 0 Å². The summed E-state index contributed by atoms with van der Waals surface area (Å²) >= 11 is 5.66. The number of aromatic nitrogens is 1. The Hall–Kier alpha value is -1.68. The van der Waals surface area contributed by atoms with Crippen molar-refractivity contribution in [3.05, 3.63) is 29.5 Å². The van der Waals surface area contributed by atoms with Crippen LogP contribution in [0.1, 0.15) is 0 Å². The Morgan fingerprint density at radius 1 is 1.33 bits per heavy atom. The van der Waals surface area contributed by atoms with Crippen LogP contribution in [-0.4, -0.2) is 12.3 Å². The Bertz CT molecular complexity index is 465. The maximum atomic E-state index is 5.69. The van der Waals surface area contributed by atoms with Gasteiger partial charge in [0.05, 0.1) is 7.11 Å². The number of halogens is 1. The molecule has 5 heteroatoms. The van der Waals surface area contributed by atoms with Crippen molar-refractivity contribution in [1.82, 2.24) is 5.16 Å². The van der Waals surface area contributed by atoms with Crippen LogP contribution in [0.5, 0.6) is 5.75 Å². The molecule has 78 valence electrons. The smallest absolute Gasteiger partial charge is 0.249 e. The summed E-state index contributed by atoms with van der Waals surface area (Å²) in [5.41, 5.74) is 7.42. The predicted octanol–water partition coefficient (Wildman–Crippen LogP) is 2.59. The van der Waals surface area contributed by atoms with E-state index in [-0.39, 0.29) is 5.22 Å². The van der Waals surface area contributed by atoms with Gasteiger partial charge in [-0.3, -0.25) is 0 Å². The van der Waals surface area contributed by atoms with Gasteiger partial charge >= 0.3 is 0 Å². The molecule has 2 aromatic rings. The maximum Gasteiger partial charge on any atom is 0.249 e. The van der Waals surface area contributed by atoms with Crippen LogP contribution in [0.4, 0.5) is 5.69 Å². The zero-order chi connectivity index (χ0) is 10.8. The molecular weight excluding hydrogens is 216 g/mol. The van der Waals surface area contributed by atoms with Crippen LogP contribution in [0.2, 0.25) is 5.22 Å². The number of nitrogen functional groups attached to an aromatic ring is 1. The number of nitrogens with two attached hydrogens (primary N) is 1. The number of hydrogen-bond donors (Lipinski definition) is 1. The minimum Gasteiger partial charge on any atom is -0.497 e. The number of hydrogen-bond acceptors (Lipinski definition) is 4. The van der Waals surface area contributed by atoms with Crippen molar-refractivity contribution in [1.29, 1.82) is 0 Å². The average molecular weight is 225 g/mol. The summed E-state index contributed by atoms with van der Waals surface area (Å²) in [6.45, 7) is 0. The molecule has 0 radical (unpaired) electrons.